The van der Waals surface area contributed by atoms with Crippen LogP contribution in [-0.4, -0.2) is 16.9 Å². The summed E-state index contributed by atoms with van der Waals surface area (Å²) >= 11 is 1.74. The fraction of sp³-hybridized carbons (Fsp3) is 0.455. The average Bonchev–Trinajstić information content (AvgIpc) is 2.05. The predicted octanol–water partition coefficient (Wildman–Crippen LogP) is 1.85. The van der Waals surface area contributed by atoms with Crippen molar-refractivity contribution in [3.63, 3.8) is 0 Å². The molecule has 1 aromatic rings. The van der Waals surface area contributed by atoms with Gasteiger partial charge in [0, 0.05) is 0 Å². The van der Waals surface area contributed by atoms with Crippen molar-refractivity contribution in [2.24, 2.45) is 0 Å². The van der Waals surface area contributed by atoms with Gasteiger partial charge >= 0.3 is 83.6 Å². The number of hydrogen-bond donors (Lipinski definition) is 0. The maximum atomic E-state index is 2.32. The van der Waals surface area contributed by atoms with Crippen LogP contribution in [0.3, 0.4) is 0 Å². The Hall–Kier alpha value is -0.222. The van der Waals surface area contributed by atoms with Gasteiger partial charge in [-0.05, 0) is 0 Å². The summed E-state index contributed by atoms with van der Waals surface area (Å²) in [5, 5.41) is 0. The molecule has 0 saturated heterocycles. The van der Waals surface area contributed by atoms with Crippen LogP contribution in [0, 0.1) is 0 Å². The van der Waals surface area contributed by atoms with E-state index in [0.29, 0.717) is 0 Å². The van der Waals surface area contributed by atoms with Crippen LogP contribution >= 0.6 is 0 Å². The van der Waals surface area contributed by atoms with Crippen LogP contribution in [-0.2, 0) is 0 Å². The summed E-state index contributed by atoms with van der Waals surface area (Å²) in [7, 11) is 0. The summed E-state index contributed by atoms with van der Waals surface area (Å²) in [5.41, 5.74) is 1.54. The molecule has 2 atom stereocenters. The Labute approximate surface area is 83.9 Å². The third-order valence-corrected chi connectivity index (χ3v) is 3.35. The first kappa shape index (κ1) is 9.86. The summed E-state index contributed by atoms with van der Waals surface area (Å²) in [5.74, 6) is 0.734. The van der Waals surface area contributed by atoms with Crippen molar-refractivity contribution < 1.29 is 0 Å². The van der Waals surface area contributed by atoms with Gasteiger partial charge in [-0.3, -0.25) is 0 Å². The van der Waals surface area contributed by atoms with E-state index in [4.69, 9.17) is 0 Å². The molecule has 1 rings (SSSR count). The minimum absolute atomic E-state index is 0.734. The number of benzene rings is 1. The minimum atomic E-state index is 0.734. The molecule has 0 N–H and O–H groups in total. The molecule has 0 aliphatic heterocycles. The van der Waals surface area contributed by atoms with Gasteiger partial charge in [0.25, 0.3) is 0 Å². The summed E-state index contributed by atoms with van der Waals surface area (Å²) in [6, 6.07) is 8.75. The molecule has 2 unspecified atom stereocenters. The van der Waals surface area contributed by atoms with E-state index in [2.05, 4.69) is 38.1 Å². The summed E-state index contributed by atoms with van der Waals surface area (Å²) in [4.78, 5) is 0. The van der Waals surface area contributed by atoms with Gasteiger partial charge in [-0.15, -0.1) is 0 Å². The van der Waals surface area contributed by atoms with Crippen LogP contribution in [0.5, 0.6) is 0 Å². The third-order valence-electron chi connectivity index (χ3n) is 2.25. The Kier molecular flexibility index (Phi) is 3.88. The van der Waals surface area contributed by atoms with Crippen molar-refractivity contribution in [3.8, 4) is 0 Å². The van der Waals surface area contributed by atoms with Gasteiger partial charge in [0.05, 0.1) is 0 Å². The molecule has 0 aliphatic rings. The monoisotopic (exact) mass is 224 g/mol. The normalized spacial score (nSPS) is 12.9. The standard InChI is InChI=1S/C11H17As/c1-3-6-9(2)10-7-4-5-8-11(10)12/h4-5,7-9H,3,6,12H2,1-2H3. The van der Waals surface area contributed by atoms with Gasteiger partial charge in [0.15, 0.2) is 0 Å². The quantitative estimate of drug-likeness (QED) is 0.687. The fourth-order valence-electron chi connectivity index (χ4n) is 1.55. The zero-order valence-corrected chi connectivity index (χ0v) is 10.3. The molecule has 0 aliphatic carbocycles. The second-order valence-electron chi connectivity index (χ2n) is 3.32. The van der Waals surface area contributed by atoms with E-state index in [1.54, 1.807) is 22.4 Å². The topological polar surface area (TPSA) is 0 Å². The first-order valence-corrected chi connectivity index (χ1v) is 5.81. The van der Waals surface area contributed by atoms with E-state index in [1.165, 1.54) is 17.2 Å². The van der Waals surface area contributed by atoms with Crippen LogP contribution in [0.1, 0.15) is 38.2 Å². The maximum absolute atomic E-state index is 2.32. The van der Waals surface area contributed by atoms with Crippen LogP contribution in [0.2, 0.25) is 0 Å². The Morgan fingerprint density at radius 3 is 2.58 bits per heavy atom. The van der Waals surface area contributed by atoms with Gasteiger partial charge < -0.3 is 0 Å². The first-order chi connectivity index (χ1) is 5.75. The molecule has 0 nitrogen and oxygen atoms in total. The van der Waals surface area contributed by atoms with E-state index >= 15 is 0 Å². The first-order valence-electron chi connectivity index (χ1n) is 4.60. The zero-order chi connectivity index (χ0) is 8.97. The molecule has 12 heavy (non-hydrogen) atoms. The Balaban J connectivity index is 2.79. The van der Waals surface area contributed by atoms with Crippen molar-refractivity contribution in [1.29, 1.82) is 0 Å². The van der Waals surface area contributed by atoms with E-state index < -0.39 is 0 Å². The van der Waals surface area contributed by atoms with Gasteiger partial charge in [-0.1, -0.05) is 0 Å². The van der Waals surface area contributed by atoms with Crippen LogP contribution in [0.15, 0.2) is 24.3 Å². The summed E-state index contributed by atoms with van der Waals surface area (Å²) in [6.07, 6.45) is 2.59. The van der Waals surface area contributed by atoms with Crippen LogP contribution < -0.4 is 4.35 Å². The summed E-state index contributed by atoms with van der Waals surface area (Å²) in [6.45, 7) is 4.57. The molecule has 0 heterocycles. The van der Waals surface area contributed by atoms with Crippen LogP contribution in [0.25, 0.3) is 0 Å². The van der Waals surface area contributed by atoms with Gasteiger partial charge in [0.1, 0.15) is 0 Å². The van der Waals surface area contributed by atoms with Crippen LogP contribution in [0.4, 0.5) is 0 Å². The molecule has 0 bridgehead atoms. The summed E-state index contributed by atoms with van der Waals surface area (Å²) < 4.78 is 1.49. The average molecular weight is 224 g/mol. The van der Waals surface area contributed by atoms with Crippen molar-refractivity contribution in [2.75, 3.05) is 0 Å². The Morgan fingerprint density at radius 2 is 2.00 bits per heavy atom. The second kappa shape index (κ2) is 4.72. The molecule has 0 saturated carbocycles. The Morgan fingerprint density at radius 1 is 1.33 bits per heavy atom. The fourth-order valence-corrected chi connectivity index (χ4v) is 2.58. The van der Waals surface area contributed by atoms with E-state index in [-0.39, 0.29) is 0 Å². The third kappa shape index (κ3) is 2.38. The second-order valence-corrected chi connectivity index (χ2v) is 4.62. The van der Waals surface area contributed by atoms with Crippen molar-refractivity contribution in [1.82, 2.24) is 0 Å². The van der Waals surface area contributed by atoms with Crippen molar-refractivity contribution in [3.05, 3.63) is 29.8 Å². The molecule has 0 radical (unpaired) electrons. The molecular formula is C11H17As. The van der Waals surface area contributed by atoms with Gasteiger partial charge in [0.2, 0.25) is 0 Å². The van der Waals surface area contributed by atoms with Crippen molar-refractivity contribution in [2.45, 2.75) is 32.6 Å². The Bertz CT molecular complexity index is 243. The molecule has 0 amide bonds. The van der Waals surface area contributed by atoms with Gasteiger partial charge in [-0.2, -0.15) is 0 Å². The molecule has 0 aromatic heterocycles. The number of rotatable bonds is 3. The molecular weight excluding hydrogens is 207 g/mol. The molecule has 1 heteroatoms. The number of hydrogen-bond acceptors (Lipinski definition) is 0. The molecule has 0 fully saturated rings. The zero-order valence-electron chi connectivity index (χ0n) is 7.88. The molecule has 1 aromatic carbocycles. The van der Waals surface area contributed by atoms with E-state index in [1.807, 2.05) is 0 Å². The predicted molar refractivity (Wildman–Crippen MR) is 57.9 cm³/mol. The molecule has 0 spiro atoms. The van der Waals surface area contributed by atoms with E-state index in [0.717, 1.165) is 5.92 Å². The van der Waals surface area contributed by atoms with Gasteiger partial charge in [-0.25, -0.2) is 0 Å². The molecule has 66 valence electrons. The van der Waals surface area contributed by atoms with E-state index in [9.17, 15) is 0 Å². The van der Waals surface area contributed by atoms with Crippen molar-refractivity contribution >= 4 is 21.2 Å². The SMILES string of the molecule is CCCC(C)c1ccccc1[AsH2].